The van der Waals surface area contributed by atoms with Crippen molar-refractivity contribution in [3.8, 4) is 5.75 Å². The summed E-state index contributed by atoms with van der Waals surface area (Å²) in [6.07, 6.45) is 1.35. The van der Waals surface area contributed by atoms with Gasteiger partial charge in [0.2, 0.25) is 5.91 Å². The zero-order valence-corrected chi connectivity index (χ0v) is 21.0. The van der Waals surface area contributed by atoms with Gasteiger partial charge in [0, 0.05) is 31.1 Å². The molecule has 3 aromatic carbocycles. The number of fused-ring (bicyclic) bond motifs is 1. The Kier molecular flexibility index (Phi) is 6.33. The number of hydrogen-bond acceptors (Lipinski definition) is 3. The number of carbonyl (C=O) groups excluding carboxylic acids is 1. The lowest BCUT2D eigenvalue weighted by atomic mass is 10.1. The van der Waals surface area contributed by atoms with Crippen molar-refractivity contribution >= 4 is 22.6 Å². The van der Waals surface area contributed by atoms with Gasteiger partial charge >= 0.3 is 0 Å². The Morgan fingerprint density at radius 1 is 0.943 bits per heavy atom. The number of anilines is 1. The summed E-state index contributed by atoms with van der Waals surface area (Å²) in [5.41, 5.74) is 7.77. The Morgan fingerprint density at radius 2 is 1.71 bits per heavy atom. The maximum Gasteiger partial charge on any atom is 0.227 e. The van der Waals surface area contributed by atoms with Gasteiger partial charge < -0.3 is 14.2 Å². The maximum atomic E-state index is 13.1. The minimum atomic E-state index is 0.0649. The van der Waals surface area contributed by atoms with Crippen molar-refractivity contribution in [3.63, 3.8) is 0 Å². The van der Waals surface area contributed by atoms with E-state index in [-0.39, 0.29) is 11.8 Å². The highest BCUT2D eigenvalue weighted by molar-refractivity contribution is 5.97. The molecule has 0 radical (unpaired) electrons. The molecule has 1 fully saturated rings. The molecule has 1 amide bonds. The second-order valence-corrected chi connectivity index (χ2v) is 9.73. The Bertz CT molecular complexity index is 1370. The zero-order valence-electron chi connectivity index (χ0n) is 21.0. The van der Waals surface area contributed by atoms with Gasteiger partial charge in [-0.3, -0.25) is 4.79 Å². The number of nitrogens with zero attached hydrogens (tertiary/aromatic N) is 3. The van der Waals surface area contributed by atoms with Crippen LogP contribution in [-0.4, -0.2) is 28.6 Å². The third-order valence-corrected chi connectivity index (χ3v) is 7.00. The number of amides is 1. The third-order valence-electron chi connectivity index (χ3n) is 7.00. The first kappa shape index (κ1) is 23.2. The summed E-state index contributed by atoms with van der Waals surface area (Å²) in [4.78, 5) is 20.0. The van der Waals surface area contributed by atoms with Crippen LogP contribution in [-0.2, 0) is 11.3 Å². The average Bonchev–Trinajstić information content (AvgIpc) is 3.39. The van der Waals surface area contributed by atoms with Gasteiger partial charge in [-0.15, -0.1) is 0 Å². The average molecular weight is 468 g/mol. The maximum absolute atomic E-state index is 13.1. The number of imidazole rings is 1. The molecule has 0 spiro atoms. The highest BCUT2D eigenvalue weighted by Gasteiger charge is 2.35. The monoisotopic (exact) mass is 467 g/mol. The van der Waals surface area contributed by atoms with E-state index in [2.05, 4.69) is 86.9 Å². The van der Waals surface area contributed by atoms with Crippen molar-refractivity contribution in [3.05, 3.63) is 88.7 Å². The van der Waals surface area contributed by atoms with Gasteiger partial charge in [-0.05, 0) is 69.0 Å². The largest absolute Gasteiger partial charge is 0.493 e. The lowest BCUT2D eigenvalue weighted by Gasteiger charge is -2.20. The summed E-state index contributed by atoms with van der Waals surface area (Å²) >= 11 is 0. The number of benzene rings is 3. The summed E-state index contributed by atoms with van der Waals surface area (Å²) in [5, 5.41) is 0. The number of hydrogen-bond donors (Lipinski definition) is 0. The molecule has 1 aliphatic rings. The molecule has 0 bridgehead atoms. The summed E-state index contributed by atoms with van der Waals surface area (Å²) in [6, 6.07) is 20.8. The van der Waals surface area contributed by atoms with E-state index in [1.165, 1.54) is 5.56 Å². The van der Waals surface area contributed by atoms with E-state index in [1.807, 2.05) is 11.0 Å². The van der Waals surface area contributed by atoms with Crippen LogP contribution in [0.2, 0.25) is 0 Å². The van der Waals surface area contributed by atoms with Crippen LogP contribution < -0.4 is 9.64 Å². The van der Waals surface area contributed by atoms with Gasteiger partial charge in [0.15, 0.2) is 0 Å². The summed E-state index contributed by atoms with van der Waals surface area (Å²) in [5.74, 6) is 2.21. The highest BCUT2D eigenvalue weighted by atomic mass is 16.5. The van der Waals surface area contributed by atoms with E-state index in [0.717, 1.165) is 58.0 Å². The fraction of sp³-hybridized carbons (Fsp3) is 0.333. The summed E-state index contributed by atoms with van der Waals surface area (Å²) < 4.78 is 8.46. The standard InChI is InChI=1S/C30H33N3O2/c1-20-13-14-26(23(4)17-20)33-19-24(18-28(33)34)30-31-25-11-5-6-12-27(25)32(30)15-8-16-35-29-21(2)9-7-10-22(29)3/h5-7,9-14,17,24H,8,15-16,18-19H2,1-4H3. The molecular formula is C30H33N3O2. The summed E-state index contributed by atoms with van der Waals surface area (Å²) in [7, 11) is 0. The Morgan fingerprint density at radius 3 is 2.49 bits per heavy atom. The highest BCUT2D eigenvalue weighted by Crippen LogP contribution is 2.35. The van der Waals surface area contributed by atoms with Crippen LogP contribution >= 0.6 is 0 Å². The predicted octanol–water partition coefficient (Wildman–Crippen LogP) is 6.26. The van der Waals surface area contributed by atoms with Crippen LogP contribution in [0.3, 0.4) is 0 Å². The number of para-hydroxylation sites is 3. The number of aromatic nitrogens is 2. The first-order valence-corrected chi connectivity index (χ1v) is 12.4. The van der Waals surface area contributed by atoms with Crippen molar-refractivity contribution in [2.24, 2.45) is 0 Å². The molecule has 180 valence electrons. The van der Waals surface area contributed by atoms with Crippen molar-refractivity contribution < 1.29 is 9.53 Å². The van der Waals surface area contributed by atoms with Crippen molar-refractivity contribution in [2.75, 3.05) is 18.1 Å². The molecule has 1 unspecified atom stereocenters. The first-order chi connectivity index (χ1) is 16.9. The van der Waals surface area contributed by atoms with E-state index in [4.69, 9.17) is 9.72 Å². The van der Waals surface area contributed by atoms with E-state index in [0.29, 0.717) is 19.6 Å². The third kappa shape index (κ3) is 4.55. The van der Waals surface area contributed by atoms with E-state index in [1.54, 1.807) is 0 Å². The number of rotatable bonds is 7. The SMILES string of the molecule is Cc1ccc(N2CC(c3nc4ccccc4n3CCCOc3c(C)cccc3C)CC2=O)c(C)c1. The van der Waals surface area contributed by atoms with Crippen LogP contribution in [0.25, 0.3) is 11.0 Å². The molecule has 2 heterocycles. The van der Waals surface area contributed by atoms with Crippen LogP contribution in [0.4, 0.5) is 5.69 Å². The minimum absolute atomic E-state index is 0.0649. The zero-order chi connectivity index (χ0) is 24.5. The molecule has 1 aliphatic heterocycles. The van der Waals surface area contributed by atoms with Gasteiger partial charge in [0.05, 0.1) is 17.6 Å². The molecule has 1 saturated heterocycles. The predicted molar refractivity (Wildman–Crippen MR) is 141 cm³/mol. The molecule has 1 aromatic heterocycles. The van der Waals surface area contributed by atoms with Crippen LogP contribution in [0.5, 0.6) is 5.75 Å². The molecule has 0 aliphatic carbocycles. The minimum Gasteiger partial charge on any atom is -0.493 e. The Hall–Kier alpha value is -3.60. The van der Waals surface area contributed by atoms with Crippen molar-refractivity contribution in [2.45, 2.75) is 53.0 Å². The number of carbonyl (C=O) groups is 1. The number of ether oxygens (including phenoxy) is 1. The van der Waals surface area contributed by atoms with Crippen LogP contribution in [0, 0.1) is 27.7 Å². The van der Waals surface area contributed by atoms with E-state index in [9.17, 15) is 4.79 Å². The fourth-order valence-electron chi connectivity index (χ4n) is 5.29. The smallest absolute Gasteiger partial charge is 0.227 e. The molecule has 0 saturated carbocycles. The first-order valence-electron chi connectivity index (χ1n) is 12.4. The Labute approximate surface area is 207 Å². The van der Waals surface area contributed by atoms with Gasteiger partial charge in [-0.25, -0.2) is 4.98 Å². The lowest BCUT2D eigenvalue weighted by Crippen LogP contribution is -2.25. The van der Waals surface area contributed by atoms with Gasteiger partial charge in [-0.1, -0.05) is 48.0 Å². The Balaban J connectivity index is 1.36. The van der Waals surface area contributed by atoms with E-state index < -0.39 is 0 Å². The molecule has 5 heteroatoms. The normalized spacial score (nSPS) is 15.8. The lowest BCUT2D eigenvalue weighted by molar-refractivity contribution is -0.117. The number of aryl methyl sites for hydroxylation is 5. The van der Waals surface area contributed by atoms with Crippen molar-refractivity contribution in [1.82, 2.24) is 9.55 Å². The topological polar surface area (TPSA) is 47.4 Å². The van der Waals surface area contributed by atoms with Gasteiger partial charge in [-0.2, -0.15) is 0 Å². The second kappa shape index (κ2) is 9.57. The molecule has 4 aromatic rings. The quantitative estimate of drug-likeness (QED) is 0.301. The van der Waals surface area contributed by atoms with Gasteiger partial charge in [0.1, 0.15) is 11.6 Å². The molecular weight excluding hydrogens is 434 g/mol. The molecule has 0 N–H and O–H groups in total. The fourth-order valence-corrected chi connectivity index (χ4v) is 5.29. The molecule has 5 rings (SSSR count). The molecule has 5 nitrogen and oxygen atoms in total. The van der Waals surface area contributed by atoms with Crippen LogP contribution in [0.15, 0.2) is 60.7 Å². The van der Waals surface area contributed by atoms with Crippen molar-refractivity contribution in [1.29, 1.82) is 0 Å². The van der Waals surface area contributed by atoms with Crippen LogP contribution in [0.1, 0.15) is 46.8 Å². The molecule has 35 heavy (non-hydrogen) atoms. The molecule has 1 atom stereocenters. The van der Waals surface area contributed by atoms with Gasteiger partial charge in [0.25, 0.3) is 0 Å². The summed E-state index contributed by atoms with van der Waals surface area (Å²) in [6.45, 7) is 10.4. The van der Waals surface area contributed by atoms with E-state index >= 15 is 0 Å². The second-order valence-electron chi connectivity index (χ2n) is 9.73.